The average Bonchev–Trinajstić information content (AvgIpc) is 3.21. The van der Waals surface area contributed by atoms with Crippen LogP contribution in [0.2, 0.25) is 0 Å². The van der Waals surface area contributed by atoms with Gasteiger partial charge in [0, 0.05) is 38.8 Å². The molecule has 3 heterocycles. The number of hydrogen-bond acceptors (Lipinski definition) is 3. The van der Waals surface area contributed by atoms with Crippen LogP contribution < -0.4 is 0 Å². The second kappa shape index (κ2) is 5.65. The third-order valence-corrected chi connectivity index (χ3v) is 5.77. The van der Waals surface area contributed by atoms with E-state index < -0.39 is 0 Å². The van der Waals surface area contributed by atoms with E-state index in [-0.39, 0.29) is 11.3 Å². The maximum absolute atomic E-state index is 12.4. The Morgan fingerprint density at radius 1 is 1.30 bits per heavy atom. The zero-order valence-corrected chi connectivity index (χ0v) is 13.5. The highest BCUT2D eigenvalue weighted by Gasteiger charge is 2.42. The molecule has 1 aromatic rings. The van der Waals surface area contributed by atoms with Crippen molar-refractivity contribution in [3.63, 3.8) is 0 Å². The second-order valence-electron chi connectivity index (χ2n) is 7.48. The van der Waals surface area contributed by atoms with E-state index in [1.165, 1.54) is 12.8 Å². The molecule has 1 N–H and O–H groups in total. The highest BCUT2D eigenvalue weighted by Crippen LogP contribution is 2.41. The molecule has 2 amide bonds. The first-order valence-electron chi connectivity index (χ1n) is 8.72. The van der Waals surface area contributed by atoms with Crippen LogP contribution in [-0.4, -0.2) is 58.0 Å². The van der Waals surface area contributed by atoms with Crippen LogP contribution in [0.15, 0.2) is 12.3 Å². The molecule has 0 bridgehead atoms. The molecule has 6 nitrogen and oxygen atoms in total. The van der Waals surface area contributed by atoms with Gasteiger partial charge in [-0.05, 0) is 49.5 Å². The first-order valence-corrected chi connectivity index (χ1v) is 8.72. The van der Waals surface area contributed by atoms with Crippen LogP contribution in [0.4, 0.5) is 0 Å². The van der Waals surface area contributed by atoms with Gasteiger partial charge in [-0.15, -0.1) is 0 Å². The third-order valence-electron chi connectivity index (χ3n) is 5.77. The average molecular weight is 316 g/mol. The fraction of sp³-hybridized carbons (Fsp3) is 0.706. The Hall–Kier alpha value is -1.85. The van der Waals surface area contributed by atoms with E-state index >= 15 is 0 Å². The van der Waals surface area contributed by atoms with Gasteiger partial charge >= 0.3 is 0 Å². The van der Waals surface area contributed by atoms with Crippen molar-refractivity contribution in [2.45, 2.75) is 38.5 Å². The van der Waals surface area contributed by atoms with E-state index in [4.69, 9.17) is 0 Å². The Balaban J connectivity index is 1.38. The first-order chi connectivity index (χ1) is 11.2. The zero-order chi connectivity index (χ0) is 15.9. The highest BCUT2D eigenvalue weighted by atomic mass is 16.2. The van der Waals surface area contributed by atoms with Gasteiger partial charge in [-0.25, -0.2) is 0 Å². The van der Waals surface area contributed by atoms with Crippen LogP contribution in [0, 0.1) is 11.3 Å². The molecule has 1 saturated carbocycles. The maximum Gasteiger partial charge on any atom is 0.271 e. The van der Waals surface area contributed by atoms with Gasteiger partial charge in [-0.3, -0.25) is 14.7 Å². The van der Waals surface area contributed by atoms with Crippen LogP contribution >= 0.6 is 0 Å². The summed E-state index contributed by atoms with van der Waals surface area (Å²) in [6.07, 6.45) is 7.84. The van der Waals surface area contributed by atoms with Crippen molar-refractivity contribution >= 4 is 11.8 Å². The number of amides is 2. The van der Waals surface area contributed by atoms with Crippen LogP contribution in [0.5, 0.6) is 0 Å². The lowest BCUT2D eigenvalue weighted by molar-refractivity contribution is -0.139. The van der Waals surface area contributed by atoms with Crippen LogP contribution in [0.3, 0.4) is 0 Å². The molecule has 2 aliphatic heterocycles. The number of piperidine rings is 2. The minimum absolute atomic E-state index is 0.0408. The first kappa shape index (κ1) is 14.7. The molecule has 6 heteroatoms. The number of aromatic nitrogens is 2. The lowest BCUT2D eigenvalue weighted by Crippen LogP contribution is -2.52. The van der Waals surface area contributed by atoms with E-state index in [1.54, 1.807) is 12.3 Å². The molecule has 4 rings (SSSR count). The van der Waals surface area contributed by atoms with Gasteiger partial charge in [0.1, 0.15) is 5.69 Å². The Morgan fingerprint density at radius 3 is 2.74 bits per heavy atom. The maximum atomic E-state index is 12.4. The minimum atomic E-state index is 0.0408. The van der Waals surface area contributed by atoms with Crippen molar-refractivity contribution in [2.24, 2.45) is 11.3 Å². The van der Waals surface area contributed by atoms with Gasteiger partial charge in [0.2, 0.25) is 5.91 Å². The van der Waals surface area contributed by atoms with Crippen molar-refractivity contribution < 1.29 is 9.59 Å². The Bertz CT molecular complexity index is 586. The number of aromatic amines is 1. The summed E-state index contributed by atoms with van der Waals surface area (Å²) < 4.78 is 0. The molecular formula is C17H24N4O2. The topological polar surface area (TPSA) is 69.3 Å². The normalized spacial score (nSPS) is 24.3. The summed E-state index contributed by atoms with van der Waals surface area (Å²) in [5.41, 5.74) is 0.795. The number of rotatable bonds is 3. The molecule has 2 saturated heterocycles. The molecular weight excluding hydrogens is 292 g/mol. The number of hydrogen-bond donors (Lipinski definition) is 1. The van der Waals surface area contributed by atoms with Crippen LogP contribution in [-0.2, 0) is 4.79 Å². The molecule has 0 unspecified atom stereocenters. The summed E-state index contributed by atoms with van der Waals surface area (Å²) in [6.45, 7) is 3.42. The predicted octanol–water partition coefficient (Wildman–Crippen LogP) is 1.66. The summed E-state index contributed by atoms with van der Waals surface area (Å²) in [7, 11) is 0. The smallest absolute Gasteiger partial charge is 0.271 e. The van der Waals surface area contributed by atoms with Gasteiger partial charge in [0.15, 0.2) is 0 Å². The zero-order valence-electron chi connectivity index (χ0n) is 13.5. The van der Waals surface area contributed by atoms with E-state index in [0.29, 0.717) is 18.0 Å². The highest BCUT2D eigenvalue weighted by molar-refractivity contribution is 5.92. The molecule has 0 radical (unpaired) electrons. The Labute approximate surface area is 136 Å². The largest absolute Gasteiger partial charge is 0.342 e. The number of carbonyl (C=O) groups excluding carboxylic acids is 2. The monoisotopic (exact) mass is 316 g/mol. The SMILES string of the molecule is O=C1CCC2(CCN(C(=O)c3ccn[nH]3)CC2)CN1CC1CC1. The predicted molar refractivity (Wildman–Crippen MR) is 84.7 cm³/mol. The molecule has 3 aliphatic rings. The van der Waals surface area contributed by atoms with E-state index in [1.807, 2.05) is 4.90 Å². The van der Waals surface area contributed by atoms with Gasteiger partial charge in [0.05, 0.1) is 0 Å². The van der Waals surface area contributed by atoms with Crippen molar-refractivity contribution in [1.82, 2.24) is 20.0 Å². The summed E-state index contributed by atoms with van der Waals surface area (Å²) in [5.74, 6) is 1.12. The minimum Gasteiger partial charge on any atom is -0.342 e. The summed E-state index contributed by atoms with van der Waals surface area (Å²) in [4.78, 5) is 28.6. The molecule has 124 valence electrons. The standard InChI is InChI=1S/C17H24N4O2/c22-15-3-5-17(12-21(15)11-13-1-2-13)6-9-20(10-7-17)16(23)14-4-8-18-19-14/h4,8,13H,1-3,5-7,9-12H2,(H,18,19). The van der Waals surface area contributed by atoms with Crippen molar-refractivity contribution in [1.29, 1.82) is 0 Å². The Kier molecular flexibility index (Phi) is 3.62. The number of likely N-dealkylation sites (tertiary alicyclic amines) is 2. The molecule has 0 aromatic carbocycles. The van der Waals surface area contributed by atoms with E-state index in [0.717, 1.165) is 51.4 Å². The van der Waals surface area contributed by atoms with Crippen LogP contribution in [0.1, 0.15) is 49.0 Å². The fourth-order valence-corrected chi connectivity index (χ4v) is 4.02. The van der Waals surface area contributed by atoms with E-state index in [2.05, 4.69) is 15.1 Å². The van der Waals surface area contributed by atoms with Crippen LogP contribution in [0.25, 0.3) is 0 Å². The quantitative estimate of drug-likeness (QED) is 0.922. The summed E-state index contributed by atoms with van der Waals surface area (Å²) in [5, 5.41) is 6.61. The van der Waals surface area contributed by atoms with Crippen molar-refractivity contribution in [2.75, 3.05) is 26.2 Å². The second-order valence-corrected chi connectivity index (χ2v) is 7.48. The summed E-state index contributed by atoms with van der Waals surface area (Å²) in [6, 6.07) is 1.73. The van der Waals surface area contributed by atoms with Crippen molar-refractivity contribution in [3.05, 3.63) is 18.0 Å². The number of nitrogens with zero attached hydrogens (tertiary/aromatic N) is 3. The lowest BCUT2D eigenvalue weighted by atomic mass is 9.72. The Morgan fingerprint density at radius 2 is 2.09 bits per heavy atom. The van der Waals surface area contributed by atoms with Gasteiger partial charge in [0.25, 0.3) is 5.91 Å². The van der Waals surface area contributed by atoms with Crippen molar-refractivity contribution in [3.8, 4) is 0 Å². The molecule has 1 aliphatic carbocycles. The van der Waals surface area contributed by atoms with E-state index in [9.17, 15) is 9.59 Å². The lowest BCUT2D eigenvalue weighted by Gasteiger charge is -2.47. The molecule has 1 aromatic heterocycles. The van der Waals surface area contributed by atoms with Gasteiger partial charge in [-0.1, -0.05) is 0 Å². The fourth-order valence-electron chi connectivity index (χ4n) is 4.02. The number of carbonyl (C=O) groups is 2. The molecule has 3 fully saturated rings. The molecule has 23 heavy (non-hydrogen) atoms. The summed E-state index contributed by atoms with van der Waals surface area (Å²) >= 11 is 0. The number of nitrogens with one attached hydrogen (secondary N) is 1. The number of H-pyrrole nitrogens is 1. The third kappa shape index (κ3) is 2.99. The molecule has 1 spiro atoms. The van der Waals surface area contributed by atoms with Gasteiger partial charge < -0.3 is 9.80 Å². The van der Waals surface area contributed by atoms with Gasteiger partial charge in [-0.2, -0.15) is 5.10 Å². The molecule has 0 atom stereocenters.